The normalized spacial score (nSPS) is 14.2. The maximum atomic E-state index is 12.9. The van der Waals surface area contributed by atoms with Gasteiger partial charge in [-0.3, -0.25) is 4.79 Å². The van der Waals surface area contributed by atoms with Crippen LogP contribution in [0.1, 0.15) is 18.4 Å². The van der Waals surface area contributed by atoms with Crippen molar-refractivity contribution in [3.63, 3.8) is 0 Å². The van der Waals surface area contributed by atoms with E-state index < -0.39 is 0 Å². The van der Waals surface area contributed by atoms with Gasteiger partial charge in [0.15, 0.2) is 5.82 Å². The van der Waals surface area contributed by atoms with Crippen LogP contribution in [0.25, 0.3) is 11.3 Å². The highest BCUT2D eigenvalue weighted by molar-refractivity contribution is 5.79. The van der Waals surface area contributed by atoms with E-state index in [1.165, 1.54) is 17.7 Å². The molecule has 1 amide bonds. The smallest absolute Gasteiger partial charge is 0.223 e. The lowest BCUT2D eigenvalue weighted by Gasteiger charge is -2.31. The number of anilines is 1. The number of benzene rings is 2. The summed E-state index contributed by atoms with van der Waals surface area (Å²) >= 11 is 0. The second-order valence-corrected chi connectivity index (χ2v) is 7.95. The molecular weight excluding hydrogens is 407 g/mol. The Morgan fingerprint density at radius 1 is 1.06 bits per heavy atom. The Hall–Kier alpha value is -3.48. The van der Waals surface area contributed by atoms with Crippen molar-refractivity contribution in [1.29, 1.82) is 0 Å². The number of carbonyl (C=O) groups excluding carboxylic acids is 1. The zero-order chi connectivity index (χ0) is 22.3. The molecule has 0 spiro atoms. The number of nitrogens with one attached hydrogen (secondary N) is 1. The van der Waals surface area contributed by atoms with Crippen LogP contribution in [0, 0.1) is 18.7 Å². The summed E-state index contributed by atoms with van der Waals surface area (Å²) in [5, 5.41) is 11.8. The lowest BCUT2D eigenvalue weighted by molar-refractivity contribution is -0.125. The van der Waals surface area contributed by atoms with Gasteiger partial charge in [0.05, 0.1) is 12.2 Å². The van der Waals surface area contributed by atoms with Gasteiger partial charge < -0.3 is 15.0 Å². The molecule has 2 heterocycles. The number of ether oxygens (including phenoxy) is 1. The van der Waals surface area contributed by atoms with Crippen molar-refractivity contribution >= 4 is 11.7 Å². The first-order valence-corrected chi connectivity index (χ1v) is 10.9. The van der Waals surface area contributed by atoms with Crippen LogP contribution in [0.4, 0.5) is 10.2 Å². The van der Waals surface area contributed by atoms with Gasteiger partial charge in [-0.1, -0.05) is 24.3 Å². The molecule has 6 nitrogen and oxygen atoms in total. The fourth-order valence-corrected chi connectivity index (χ4v) is 3.89. The van der Waals surface area contributed by atoms with Crippen LogP contribution in [0.2, 0.25) is 0 Å². The first kappa shape index (κ1) is 21.7. The van der Waals surface area contributed by atoms with Crippen molar-refractivity contribution in [3.05, 3.63) is 72.0 Å². The summed E-state index contributed by atoms with van der Waals surface area (Å²) in [5.41, 5.74) is 3.12. The molecule has 1 fully saturated rings. The highest BCUT2D eigenvalue weighted by Crippen LogP contribution is 2.25. The summed E-state index contributed by atoms with van der Waals surface area (Å²) < 4.78 is 18.4. The Bertz CT molecular complexity index is 1030. The quantitative estimate of drug-likeness (QED) is 0.570. The van der Waals surface area contributed by atoms with E-state index >= 15 is 0 Å². The van der Waals surface area contributed by atoms with Crippen LogP contribution < -0.4 is 15.0 Å². The molecule has 0 atom stereocenters. The molecular formula is C25H27FN4O2. The Labute approximate surface area is 187 Å². The standard InChI is InChI=1S/C25H27FN4O2/c1-18-4-2-3-5-22(18)23-10-11-24(29-28-23)30-15-12-19(13-16-30)25(31)27-14-17-32-21-8-6-20(26)7-9-21/h2-11,19H,12-17H2,1H3,(H,27,31). The molecule has 1 aliphatic heterocycles. The molecule has 7 heteroatoms. The van der Waals surface area contributed by atoms with E-state index in [2.05, 4.69) is 33.4 Å². The van der Waals surface area contributed by atoms with Gasteiger partial charge in [-0.05, 0) is 61.7 Å². The van der Waals surface area contributed by atoms with Crippen LogP contribution >= 0.6 is 0 Å². The largest absolute Gasteiger partial charge is 0.492 e. The van der Waals surface area contributed by atoms with Crippen molar-refractivity contribution in [1.82, 2.24) is 15.5 Å². The Morgan fingerprint density at radius 3 is 2.50 bits per heavy atom. The second kappa shape index (κ2) is 10.2. The molecule has 0 aliphatic carbocycles. The van der Waals surface area contributed by atoms with Gasteiger partial charge in [0, 0.05) is 24.6 Å². The summed E-state index contributed by atoms with van der Waals surface area (Å²) in [6.45, 7) is 4.36. The molecule has 0 saturated carbocycles. The third-order valence-electron chi connectivity index (χ3n) is 5.74. The van der Waals surface area contributed by atoms with Crippen LogP contribution in [0.15, 0.2) is 60.7 Å². The number of carbonyl (C=O) groups is 1. The molecule has 32 heavy (non-hydrogen) atoms. The number of aromatic nitrogens is 2. The lowest BCUT2D eigenvalue weighted by atomic mass is 9.96. The van der Waals surface area contributed by atoms with E-state index in [0.717, 1.165) is 43.0 Å². The Kier molecular flexibility index (Phi) is 6.94. The first-order chi connectivity index (χ1) is 15.6. The number of aryl methyl sites for hydroxylation is 1. The predicted molar refractivity (Wildman–Crippen MR) is 122 cm³/mol. The third-order valence-corrected chi connectivity index (χ3v) is 5.74. The van der Waals surface area contributed by atoms with Gasteiger partial charge in [-0.2, -0.15) is 0 Å². The molecule has 2 aromatic carbocycles. The molecule has 4 rings (SSSR count). The Morgan fingerprint density at radius 2 is 1.81 bits per heavy atom. The van der Waals surface area contributed by atoms with Crippen molar-refractivity contribution < 1.29 is 13.9 Å². The zero-order valence-corrected chi connectivity index (χ0v) is 18.1. The molecule has 166 valence electrons. The second-order valence-electron chi connectivity index (χ2n) is 7.95. The van der Waals surface area contributed by atoms with E-state index in [-0.39, 0.29) is 17.6 Å². The summed E-state index contributed by atoms with van der Waals surface area (Å²) in [4.78, 5) is 14.6. The molecule has 0 unspecified atom stereocenters. The number of hydrogen-bond donors (Lipinski definition) is 1. The minimum Gasteiger partial charge on any atom is -0.492 e. The lowest BCUT2D eigenvalue weighted by Crippen LogP contribution is -2.41. The minimum absolute atomic E-state index is 0.0173. The molecule has 1 aliphatic rings. The maximum absolute atomic E-state index is 12.9. The molecule has 0 bridgehead atoms. The number of halogens is 1. The zero-order valence-electron chi connectivity index (χ0n) is 18.1. The Balaban J connectivity index is 1.22. The number of piperidine rings is 1. The van der Waals surface area contributed by atoms with Gasteiger partial charge in [-0.15, -0.1) is 10.2 Å². The van der Waals surface area contributed by atoms with E-state index in [9.17, 15) is 9.18 Å². The number of amides is 1. The molecule has 1 aromatic heterocycles. The van der Waals surface area contributed by atoms with Gasteiger partial charge >= 0.3 is 0 Å². The number of nitrogens with zero attached hydrogens (tertiary/aromatic N) is 3. The monoisotopic (exact) mass is 434 g/mol. The average Bonchev–Trinajstić information content (AvgIpc) is 2.83. The maximum Gasteiger partial charge on any atom is 0.223 e. The van der Waals surface area contributed by atoms with Crippen LogP contribution in [0.3, 0.4) is 0 Å². The fraction of sp³-hybridized carbons (Fsp3) is 0.320. The molecule has 3 aromatic rings. The van der Waals surface area contributed by atoms with Gasteiger partial charge in [0.2, 0.25) is 5.91 Å². The molecule has 1 saturated heterocycles. The highest BCUT2D eigenvalue weighted by atomic mass is 19.1. The fourth-order valence-electron chi connectivity index (χ4n) is 3.89. The average molecular weight is 435 g/mol. The van der Waals surface area contributed by atoms with Gasteiger partial charge in [-0.25, -0.2) is 4.39 Å². The summed E-state index contributed by atoms with van der Waals surface area (Å²) in [5.74, 6) is 1.16. The van der Waals surface area contributed by atoms with E-state index in [0.29, 0.717) is 18.9 Å². The molecule has 1 N–H and O–H groups in total. The van der Waals surface area contributed by atoms with E-state index in [1.807, 2.05) is 30.3 Å². The van der Waals surface area contributed by atoms with E-state index in [4.69, 9.17) is 4.74 Å². The summed E-state index contributed by atoms with van der Waals surface area (Å²) in [6.07, 6.45) is 1.54. The van der Waals surface area contributed by atoms with Gasteiger partial charge in [0.1, 0.15) is 18.2 Å². The third kappa shape index (κ3) is 5.41. The highest BCUT2D eigenvalue weighted by Gasteiger charge is 2.25. The molecule has 0 radical (unpaired) electrons. The topological polar surface area (TPSA) is 67.4 Å². The van der Waals surface area contributed by atoms with Crippen molar-refractivity contribution in [2.45, 2.75) is 19.8 Å². The van der Waals surface area contributed by atoms with Crippen LogP contribution in [0.5, 0.6) is 5.75 Å². The van der Waals surface area contributed by atoms with Crippen molar-refractivity contribution in [2.75, 3.05) is 31.1 Å². The first-order valence-electron chi connectivity index (χ1n) is 10.9. The van der Waals surface area contributed by atoms with E-state index in [1.54, 1.807) is 12.1 Å². The number of rotatable bonds is 7. The number of hydrogen-bond acceptors (Lipinski definition) is 5. The summed E-state index contributed by atoms with van der Waals surface area (Å²) in [6, 6.07) is 18.0. The van der Waals surface area contributed by atoms with Gasteiger partial charge in [0.25, 0.3) is 0 Å². The predicted octanol–water partition coefficient (Wildman–Crippen LogP) is 4.00. The van der Waals surface area contributed by atoms with Crippen molar-refractivity contribution in [3.8, 4) is 17.0 Å². The van der Waals surface area contributed by atoms with Crippen LogP contribution in [-0.4, -0.2) is 42.3 Å². The SMILES string of the molecule is Cc1ccccc1-c1ccc(N2CCC(C(=O)NCCOc3ccc(F)cc3)CC2)nn1. The minimum atomic E-state index is -0.301. The van der Waals surface area contributed by atoms with Crippen LogP contribution in [-0.2, 0) is 4.79 Å². The van der Waals surface area contributed by atoms with Crippen molar-refractivity contribution in [2.24, 2.45) is 5.92 Å². The summed E-state index contributed by atoms with van der Waals surface area (Å²) in [7, 11) is 0.